The molecule has 0 spiro atoms. The fourth-order valence-corrected chi connectivity index (χ4v) is 4.44. The number of fused-ring (bicyclic) bond motifs is 1. The van der Waals surface area contributed by atoms with Crippen molar-refractivity contribution in [3.05, 3.63) is 76.5 Å². The second-order valence-electron chi connectivity index (χ2n) is 8.73. The van der Waals surface area contributed by atoms with Crippen LogP contribution in [0.1, 0.15) is 32.7 Å². The van der Waals surface area contributed by atoms with E-state index < -0.39 is 0 Å². The summed E-state index contributed by atoms with van der Waals surface area (Å²) in [7, 11) is 0. The summed E-state index contributed by atoms with van der Waals surface area (Å²) in [5.74, 6) is 0.150. The van der Waals surface area contributed by atoms with Crippen LogP contribution in [0.5, 0.6) is 5.75 Å². The fourth-order valence-electron chi connectivity index (χ4n) is 4.44. The number of carbonyl (C=O) groups excluding carboxylic acids is 1. The first-order valence-corrected chi connectivity index (χ1v) is 11.4. The van der Waals surface area contributed by atoms with Crippen LogP contribution >= 0.6 is 0 Å². The fraction of sp³-hybridized carbons (Fsp3) is 0.222. The van der Waals surface area contributed by atoms with Gasteiger partial charge in [0.1, 0.15) is 5.75 Å². The molecule has 34 heavy (non-hydrogen) atoms. The van der Waals surface area contributed by atoms with Crippen LogP contribution in [0.3, 0.4) is 0 Å². The SMILES string of the molecule is Cc1cc(C)cc(/C=C/c2[nH]nc3nc(-c4ccc(O)cc4)cc(C(=O)N4CCNCC4)c23)c1. The molecule has 5 rings (SSSR count). The lowest BCUT2D eigenvalue weighted by molar-refractivity contribution is 0.0737. The Kier molecular flexibility index (Phi) is 5.86. The maximum Gasteiger partial charge on any atom is 0.254 e. The number of aryl methyl sites for hydroxylation is 2. The number of rotatable bonds is 4. The van der Waals surface area contributed by atoms with Crippen LogP contribution in [0.15, 0.2) is 48.5 Å². The number of aromatic nitrogens is 3. The van der Waals surface area contributed by atoms with Gasteiger partial charge in [0.15, 0.2) is 5.65 Å². The predicted molar refractivity (Wildman–Crippen MR) is 135 cm³/mol. The average molecular weight is 454 g/mol. The summed E-state index contributed by atoms with van der Waals surface area (Å²) in [6.07, 6.45) is 3.99. The number of amides is 1. The number of aromatic hydroxyl groups is 1. The van der Waals surface area contributed by atoms with Crippen molar-refractivity contribution in [2.75, 3.05) is 26.2 Å². The van der Waals surface area contributed by atoms with Crippen LogP contribution in [0, 0.1) is 13.8 Å². The average Bonchev–Trinajstić information content (AvgIpc) is 3.25. The van der Waals surface area contributed by atoms with Gasteiger partial charge in [-0.05, 0) is 55.8 Å². The van der Waals surface area contributed by atoms with Crippen molar-refractivity contribution in [1.29, 1.82) is 0 Å². The third-order valence-corrected chi connectivity index (χ3v) is 6.04. The van der Waals surface area contributed by atoms with Gasteiger partial charge in [-0.3, -0.25) is 9.89 Å². The van der Waals surface area contributed by atoms with Crippen molar-refractivity contribution < 1.29 is 9.90 Å². The first-order valence-electron chi connectivity index (χ1n) is 11.4. The molecule has 7 nitrogen and oxygen atoms in total. The third-order valence-electron chi connectivity index (χ3n) is 6.04. The molecule has 0 unspecified atom stereocenters. The van der Waals surface area contributed by atoms with Gasteiger partial charge in [-0.25, -0.2) is 4.98 Å². The molecule has 4 aromatic rings. The van der Waals surface area contributed by atoms with Crippen LogP contribution in [0.25, 0.3) is 34.4 Å². The summed E-state index contributed by atoms with van der Waals surface area (Å²) in [5, 5.41) is 21.2. The van der Waals surface area contributed by atoms with Gasteiger partial charge in [-0.1, -0.05) is 35.4 Å². The second kappa shape index (κ2) is 9.11. The molecule has 0 radical (unpaired) electrons. The highest BCUT2D eigenvalue weighted by Gasteiger charge is 2.24. The minimum absolute atomic E-state index is 0.0311. The van der Waals surface area contributed by atoms with E-state index in [0.29, 0.717) is 35.4 Å². The number of phenols is 1. The molecule has 1 aliphatic rings. The normalized spacial score (nSPS) is 14.2. The van der Waals surface area contributed by atoms with Crippen LogP contribution in [0.2, 0.25) is 0 Å². The summed E-state index contributed by atoms with van der Waals surface area (Å²) in [6.45, 7) is 7.01. The molecule has 3 heterocycles. The number of piperazine rings is 1. The number of benzene rings is 2. The Bertz CT molecular complexity index is 1360. The monoisotopic (exact) mass is 453 g/mol. The van der Waals surface area contributed by atoms with Gasteiger partial charge < -0.3 is 15.3 Å². The quantitative estimate of drug-likeness (QED) is 0.431. The Balaban J connectivity index is 1.62. The Labute approximate surface area is 198 Å². The minimum atomic E-state index is -0.0311. The summed E-state index contributed by atoms with van der Waals surface area (Å²) in [6, 6.07) is 15.0. The Morgan fingerprint density at radius 3 is 2.41 bits per heavy atom. The van der Waals surface area contributed by atoms with Gasteiger partial charge in [0.05, 0.1) is 22.3 Å². The van der Waals surface area contributed by atoms with Crippen LogP contribution in [-0.4, -0.2) is 57.3 Å². The van der Waals surface area contributed by atoms with E-state index in [9.17, 15) is 9.90 Å². The van der Waals surface area contributed by atoms with E-state index in [0.717, 1.165) is 29.9 Å². The van der Waals surface area contributed by atoms with Gasteiger partial charge in [-0.15, -0.1) is 0 Å². The summed E-state index contributed by atoms with van der Waals surface area (Å²) >= 11 is 0. The Hall–Kier alpha value is -3.97. The van der Waals surface area contributed by atoms with Gasteiger partial charge in [0, 0.05) is 31.7 Å². The van der Waals surface area contributed by atoms with E-state index in [-0.39, 0.29) is 11.7 Å². The Morgan fingerprint density at radius 1 is 1.00 bits per heavy atom. The number of H-pyrrole nitrogens is 1. The lowest BCUT2D eigenvalue weighted by Crippen LogP contribution is -2.46. The molecular formula is C27H27N5O2. The van der Waals surface area contributed by atoms with Crippen molar-refractivity contribution in [3.8, 4) is 17.0 Å². The van der Waals surface area contributed by atoms with Crippen molar-refractivity contribution in [2.24, 2.45) is 0 Å². The number of aromatic amines is 1. The predicted octanol–water partition coefficient (Wildman–Crippen LogP) is 4.16. The van der Waals surface area contributed by atoms with Crippen molar-refractivity contribution in [2.45, 2.75) is 13.8 Å². The maximum atomic E-state index is 13.6. The molecule has 0 bridgehead atoms. The highest BCUT2D eigenvalue weighted by Crippen LogP contribution is 2.29. The molecule has 0 saturated carbocycles. The number of phenolic OH excluding ortho intramolecular Hbond substituents is 1. The molecule has 0 atom stereocenters. The van der Waals surface area contributed by atoms with Crippen molar-refractivity contribution in [3.63, 3.8) is 0 Å². The van der Waals surface area contributed by atoms with Gasteiger partial charge >= 0.3 is 0 Å². The van der Waals surface area contributed by atoms with Gasteiger partial charge in [0.25, 0.3) is 5.91 Å². The lowest BCUT2D eigenvalue weighted by atomic mass is 10.0. The summed E-state index contributed by atoms with van der Waals surface area (Å²) in [5.41, 5.74) is 6.74. The lowest BCUT2D eigenvalue weighted by Gasteiger charge is -2.27. The third kappa shape index (κ3) is 4.43. The first-order chi connectivity index (χ1) is 16.5. The molecule has 172 valence electrons. The molecule has 2 aromatic carbocycles. The Morgan fingerprint density at radius 2 is 1.71 bits per heavy atom. The zero-order valence-electron chi connectivity index (χ0n) is 19.3. The highest BCUT2D eigenvalue weighted by atomic mass is 16.3. The minimum Gasteiger partial charge on any atom is -0.508 e. The van der Waals surface area contributed by atoms with Crippen LogP contribution in [-0.2, 0) is 0 Å². The standard InChI is InChI=1S/C27H27N5O2/c1-17-13-18(2)15-19(14-17)3-8-23-25-22(27(34)32-11-9-28-10-12-32)16-24(29-26(25)31-30-23)20-4-6-21(33)7-5-20/h3-8,13-16,28,33H,9-12H2,1-2H3,(H,29,30,31)/b8-3+. The smallest absolute Gasteiger partial charge is 0.254 e. The zero-order chi connectivity index (χ0) is 23.7. The second-order valence-corrected chi connectivity index (χ2v) is 8.73. The molecule has 0 aliphatic carbocycles. The van der Waals surface area contributed by atoms with E-state index in [1.165, 1.54) is 11.1 Å². The zero-order valence-corrected chi connectivity index (χ0v) is 19.3. The number of hydrogen-bond acceptors (Lipinski definition) is 5. The van der Waals surface area contributed by atoms with E-state index in [1.54, 1.807) is 24.3 Å². The molecule has 1 aliphatic heterocycles. The number of nitrogens with zero attached hydrogens (tertiary/aromatic N) is 3. The van der Waals surface area contributed by atoms with E-state index >= 15 is 0 Å². The molecule has 1 amide bonds. The largest absolute Gasteiger partial charge is 0.508 e. The van der Waals surface area contributed by atoms with E-state index in [2.05, 4.69) is 47.6 Å². The maximum absolute atomic E-state index is 13.6. The number of pyridine rings is 1. The summed E-state index contributed by atoms with van der Waals surface area (Å²) < 4.78 is 0. The van der Waals surface area contributed by atoms with Crippen molar-refractivity contribution >= 4 is 29.1 Å². The summed E-state index contributed by atoms with van der Waals surface area (Å²) in [4.78, 5) is 20.2. The van der Waals surface area contributed by atoms with E-state index in [4.69, 9.17) is 4.98 Å². The van der Waals surface area contributed by atoms with Crippen LogP contribution in [0.4, 0.5) is 0 Å². The molecule has 7 heteroatoms. The molecule has 2 aromatic heterocycles. The van der Waals surface area contributed by atoms with Gasteiger partial charge in [0.2, 0.25) is 0 Å². The highest BCUT2D eigenvalue weighted by molar-refractivity contribution is 6.09. The number of carbonyl (C=O) groups is 1. The molecule has 3 N–H and O–H groups in total. The number of hydrogen-bond donors (Lipinski definition) is 3. The van der Waals surface area contributed by atoms with Crippen molar-refractivity contribution in [1.82, 2.24) is 25.4 Å². The first kappa shape index (κ1) is 21.9. The number of nitrogens with one attached hydrogen (secondary N) is 2. The molecule has 1 fully saturated rings. The molecular weight excluding hydrogens is 426 g/mol. The van der Waals surface area contributed by atoms with Gasteiger partial charge in [-0.2, -0.15) is 5.10 Å². The van der Waals surface area contributed by atoms with Crippen LogP contribution < -0.4 is 5.32 Å². The topological polar surface area (TPSA) is 94.1 Å². The molecule has 1 saturated heterocycles. The van der Waals surface area contributed by atoms with E-state index in [1.807, 2.05) is 23.1 Å².